The monoisotopic (exact) mass is 279 g/mol. The molecule has 3 N–H and O–H groups in total. The molecule has 2 rings (SSSR count). The average Bonchev–Trinajstić information content (AvgIpc) is 2.70. The standard InChI is InChI=1S/C14H14FNO2S/c1-3-9-11(16)13(14(17)18)19-12(9)8-5-4-7(2)10(15)6-8/h4-6H,3,16H2,1-2H3,(H,17,18). The number of aryl methyl sites for hydroxylation is 1. The molecular formula is C14H14FNO2S. The number of thiophene rings is 1. The van der Waals surface area contributed by atoms with Crippen molar-refractivity contribution in [2.24, 2.45) is 0 Å². The summed E-state index contributed by atoms with van der Waals surface area (Å²) >= 11 is 1.10. The van der Waals surface area contributed by atoms with Crippen molar-refractivity contribution >= 4 is 23.0 Å². The van der Waals surface area contributed by atoms with E-state index in [-0.39, 0.29) is 16.4 Å². The van der Waals surface area contributed by atoms with Crippen LogP contribution < -0.4 is 5.73 Å². The zero-order valence-electron chi connectivity index (χ0n) is 10.7. The first kappa shape index (κ1) is 13.5. The van der Waals surface area contributed by atoms with E-state index in [9.17, 15) is 9.18 Å². The summed E-state index contributed by atoms with van der Waals surface area (Å²) in [5.74, 6) is -1.35. The number of carbonyl (C=O) groups is 1. The molecule has 0 aliphatic carbocycles. The Morgan fingerprint density at radius 3 is 2.68 bits per heavy atom. The lowest BCUT2D eigenvalue weighted by molar-refractivity contribution is 0.0703. The van der Waals surface area contributed by atoms with Gasteiger partial charge in [0.05, 0.1) is 5.69 Å². The van der Waals surface area contributed by atoms with E-state index in [0.717, 1.165) is 21.8 Å². The van der Waals surface area contributed by atoms with E-state index in [1.54, 1.807) is 19.1 Å². The number of rotatable bonds is 3. The second-order valence-corrected chi connectivity index (χ2v) is 5.30. The zero-order chi connectivity index (χ0) is 14.2. The molecule has 1 heterocycles. The molecule has 2 aromatic rings. The molecule has 0 atom stereocenters. The molecule has 0 radical (unpaired) electrons. The van der Waals surface area contributed by atoms with Gasteiger partial charge in [-0.25, -0.2) is 9.18 Å². The number of halogens is 1. The summed E-state index contributed by atoms with van der Waals surface area (Å²) < 4.78 is 13.6. The smallest absolute Gasteiger partial charge is 0.348 e. The Labute approximate surface area is 114 Å². The van der Waals surface area contributed by atoms with Crippen LogP contribution in [0.4, 0.5) is 10.1 Å². The molecule has 0 unspecified atom stereocenters. The number of hydrogen-bond acceptors (Lipinski definition) is 3. The number of carboxylic acid groups (broad SMARTS) is 1. The number of aromatic carboxylic acids is 1. The van der Waals surface area contributed by atoms with Crippen LogP contribution in [0.25, 0.3) is 10.4 Å². The van der Waals surface area contributed by atoms with Crippen molar-refractivity contribution in [1.29, 1.82) is 0 Å². The summed E-state index contributed by atoms with van der Waals surface area (Å²) in [5.41, 5.74) is 8.14. The Bertz CT molecular complexity index is 649. The second kappa shape index (κ2) is 5.01. The van der Waals surface area contributed by atoms with E-state index in [4.69, 9.17) is 10.8 Å². The summed E-state index contributed by atoms with van der Waals surface area (Å²) in [7, 11) is 0. The van der Waals surface area contributed by atoms with Crippen LogP contribution in [0.5, 0.6) is 0 Å². The molecule has 0 fully saturated rings. The molecule has 0 amide bonds. The van der Waals surface area contributed by atoms with Crippen molar-refractivity contribution in [1.82, 2.24) is 0 Å². The van der Waals surface area contributed by atoms with E-state index in [0.29, 0.717) is 17.5 Å². The first-order valence-corrected chi connectivity index (χ1v) is 6.68. The average molecular weight is 279 g/mol. The van der Waals surface area contributed by atoms with E-state index in [1.807, 2.05) is 6.92 Å². The van der Waals surface area contributed by atoms with Gasteiger partial charge in [0.15, 0.2) is 0 Å². The topological polar surface area (TPSA) is 63.3 Å². The lowest BCUT2D eigenvalue weighted by Crippen LogP contribution is -1.99. The summed E-state index contributed by atoms with van der Waals surface area (Å²) in [5, 5.41) is 9.10. The Morgan fingerprint density at radius 2 is 2.16 bits per heavy atom. The number of nitrogens with two attached hydrogens (primary N) is 1. The fourth-order valence-electron chi connectivity index (χ4n) is 1.96. The van der Waals surface area contributed by atoms with Crippen LogP contribution in [-0.4, -0.2) is 11.1 Å². The number of hydrogen-bond donors (Lipinski definition) is 2. The van der Waals surface area contributed by atoms with Gasteiger partial charge in [0.2, 0.25) is 0 Å². The summed E-state index contributed by atoms with van der Waals surface area (Å²) in [6.45, 7) is 3.59. The largest absolute Gasteiger partial charge is 0.477 e. The highest BCUT2D eigenvalue weighted by Gasteiger charge is 2.20. The van der Waals surface area contributed by atoms with Gasteiger partial charge in [-0.1, -0.05) is 19.1 Å². The second-order valence-electron chi connectivity index (χ2n) is 4.28. The Balaban J connectivity index is 2.64. The van der Waals surface area contributed by atoms with Gasteiger partial charge in [-0.05, 0) is 36.1 Å². The minimum Gasteiger partial charge on any atom is -0.477 e. The highest BCUT2D eigenvalue weighted by molar-refractivity contribution is 7.18. The van der Waals surface area contributed by atoms with Gasteiger partial charge >= 0.3 is 5.97 Å². The Morgan fingerprint density at radius 1 is 1.47 bits per heavy atom. The van der Waals surface area contributed by atoms with Crippen LogP contribution in [0.1, 0.15) is 27.7 Å². The lowest BCUT2D eigenvalue weighted by atomic mass is 10.0. The van der Waals surface area contributed by atoms with E-state index >= 15 is 0 Å². The molecule has 1 aromatic heterocycles. The van der Waals surface area contributed by atoms with Crippen molar-refractivity contribution in [2.75, 3.05) is 5.73 Å². The highest BCUT2D eigenvalue weighted by Crippen LogP contribution is 2.39. The quantitative estimate of drug-likeness (QED) is 0.900. The molecule has 5 heteroatoms. The molecule has 19 heavy (non-hydrogen) atoms. The molecule has 3 nitrogen and oxygen atoms in total. The van der Waals surface area contributed by atoms with Gasteiger partial charge in [-0.3, -0.25) is 0 Å². The SMILES string of the molecule is CCc1c(-c2ccc(C)c(F)c2)sc(C(=O)O)c1N. The number of benzene rings is 1. The molecule has 0 bridgehead atoms. The third-order valence-electron chi connectivity index (χ3n) is 3.03. The fraction of sp³-hybridized carbons (Fsp3) is 0.214. The van der Waals surface area contributed by atoms with Crippen molar-refractivity contribution < 1.29 is 14.3 Å². The summed E-state index contributed by atoms with van der Waals surface area (Å²) in [4.78, 5) is 12.0. The van der Waals surface area contributed by atoms with E-state index in [1.165, 1.54) is 6.07 Å². The van der Waals surface area contributed by atoms with Crippen LogP contribution in [-0.2, 0) is 6.42 Å². The fourth-order valence-corrected chi connectivity index (χ4v) is 3.10. The molecule has 0 saturated heterocycles. The third kappa shape index (κ3) is 2.33. The maximum atomic E-state index is 13.6. The lowest BCUT2D eigenvalue weighted by Gasteiger charge is -2.04. The molecule has 0 saturated carbocycles. The van der Waals surface area contributed by atoms with Crippen molar-refractivity contribution in [3.05, 3.63) is 40.0 Å². The molecule has 0 aliphatic rings. The first-order chi connectivity index (χ1) is 8.95. The summed E-state index contributed by atoms with van der Waals surface area (Å²) in [6.07, 6.45) is 0.612. The molecule has 0 aliphatic heterocycles. The minimum atomic E-state index is -1.05. The normalized spacial score (nSPS) is 10.7. The zero-order valence-corrected chi connectivity index (χ0v) is 11.5. The van der Waals surface area contributed by atoms with Crippen LogP contribution in [0, 0.1) is 12.7 Å². The molecule has 1 aromatic carbocycles. The third-order valence-corrected chi connectivity index (χ3v) is 4.31. The molecule has 0 spiro atoms. The van der Waals surface area contributed by atoms with Crippen LogP contribution >= 0.6 is 11.3 Å². The number of carboxylic acids is 1. The number of nitrogen functional groups attached to an aromatic ring is 1. The maximum absolute atomic E-state index is 13.6. The summed E-state index contributed by atoms with van der Waals surface area (Å²) in [6, 6.07) is 4.89. The van der Waals surface area contributed by atoms with Crippen LogP contribution in [0.15, 0.2) is 18.2 Å². The van der Waals surface area contributed by atoms with Gasteiger partial charge in [0, 0.05) is 4.88 Å². The molecular weight excluding hydrogens is 265 g/mol. The number of anilines is 1. The van der Waals surface area contributed by atoms with E-state index in [2.05, 4.69) is 0 Å². The maximum Gasteiger partial charge on any atom is 0.348 e. The van der Waals surface area contributed by atoms with Gasteiger partial charge in [0.1, 0.15) is 10.7 Å². The van der Waals surface area contributed by atoms with Gasteiger partial charge in [0.25, 0.3) is 0 Å². The first-order valence-electron chi connectivity index (χ1n) is 5.86. The van der Waals surface area contributed by atoms with Crippen molar-refractivity contribution in [2.45, 2.75) is 20.3 Å². The Hall–Kier alpha value is -1.88. The van der Waals surface area contributed by atoms with Crippen molar-refractivity contribution in [3.8, 4) is 10.4 Å². The highest BCUT2D eigenvalue weighted by atomic mass is 32.1. The van der Waals surface area contributed by atoms with Crippen LogP contribution in [0.3, 0.4) is 0 Å². The van der Waals surface area contributed by atoms with E-state index < -0.39 is 5.97 Å². The van der Waals surface area contributed by atoms with Gasteiger partial charge < -0.3 is 10.8 Å². The van der Waals surface area contributed by atoms with Gasteiger partial charge in [-0.2, -0.15) is 0 Å². The molecule has 100 valence electrons. The minimum absolute atomic E-state index is 0.118. The van der Waals surface area contributed by atoms with Gasteiger partial charge in [-0.15, -0.1) is 11.3 Å². The predicted octanol–water partition coefficient (Wildman–Crippen LogP) is 3.71. The predicted molar refractivity (Wildman–Crippen MR) is 75.2 cm³/mol. The van der Waals surface area contributed by atoms with Crippen LogP contribution in [0.2, 0.25) is 0 Å². The van der Waals surface area contributed by atoms with Crippen molar-refractivity contribution in [3.63, 3.8) is 0 Å². The Kier molecular flexibility index (Phi) is 3.57.